The van der Waals surface area contributed by atoms with Crippen molar-refractivity contribution in [1.29, 1.82) is 0 Å². The number of nitrogens with two attached hydrogens (primary N) is 1. The van der Waals surface area contributed by atoms with Crippen LogP contribution in [0.4, 0.5) is 0 Å². The van der Waals surface area contributed by atoms with Crippen LogP contribution in [0.5, 0.6) is 0 Å². The van der Waals surface area contributed by atoms with Crippen LogP contribution in [0.3, 0.4) is 0 Å². The van der Waals surface area contributed by atoms with E-state index < -0.39 is 15.1 Å². The van der Waals surface area contributed by atoms with Crippen LogP contribution in [-0.2, 0) is 9.84 Å². The van der Waals surface area contributed by atoms with E-state index in [9.17, 15) is 8.42 Å². The fraction of sp³-hybridized carbons (Fsp3) is 0.692. The molecule has 3 atom stereocenters. The normalized spacial score (nSPS) is 29.7. The van der Waals surface area contributed by atoms with Crippen LogP contribution in [0.1, 0.15) is 33.1 Å². The van der Waals surface area contributed by atoms with Gasteiger partial charge >= 0.3 is 0 Å². The van der Waals surface area contributed by atoms with E-state index in [1.807, 2.05) is 0 Å². The van der Waals surface area contributed by atoms with Gasteiger partial charge in [0.2, 0.25) is 0 Å². The van der Waals surface area contributed by atoms with Crippen molar-refractivity contribution >= 4 is 21.2 Å². The van der Waals surface area contributed by atoms with Gasteiger partial charge in [0, 0.05) is 6.04 Å². The van der Waals surface area contributed by atoms with Crippen LogP contribution in [0.15, 0.2) is 21.7 Å². The molecule has 0 saturated heterocycles. The number of hydrogen-bond donors (Lipinski definition) is 1. The summed E-state index contributed by atoms with van der Waals surface area (Å²) in [6.07, 6.45) is 2.58. The Bertz CT molecular complexity index is 479. The summed E-state index contributed by atoms with van der Waals surface area (Å²) in [4.78, 5) is 0. The van der Waals surface area contributed by atoms with Crippen molar-refractivity contribution in [3.05, 3.63) is 17.5 Å². The fourth-order valence-electron chi connectivity index (χ4n) is 2.72. The summed E-state index contributed by atoms with van der Waals surface area (Å²) in [7, 11) is -3.24. The Morgan fingerprint density at radius 1 is 1.39 bits per heavy atom. The highest BCUT2D eigenvalue weighted by Gasteiger charge is 2.39. The molecule has 0 bridgehead atoms. The van der Waals surface area contributed by atoms with Gasteiger partial charge in [-0.3, -0.25) is 0 Å². The summed E-state index contributed by atoms with van der Waals surface area (Å²) in [5, 5.41) is 1.40. The van der Waals surface area contributed by atoms with E-state index in [1.165, 1.54) is 11.3 Å². The summed E-state index contributed by atoms with van der Waals surface area (Å²) >= 11 is 1.29. The maximum atomic E-state index is 12.6. The van der Waals surface area contributed by atoms with Crippen LogP contribution in [-0.4, -0.2) is 19.7 Å². The van der Waals surface area contributed by atoms with Crippen molar-refractivity contribution in [2.45, 2.75) is 48.6 Å². The molecule has 1 aromatic rings. The molecule has 3 nitrogen and oxygen atoms in total. The van der Waals surface area contributed by atoms with Gasteiger partial charge in [-0.2, -0.15) is 0 Å². The zero-order valence-electron chi connectivity index (χ0n) is 10.9. The Kier molecular flexibility index (Phi) is 4.14. The molecule has 0 aromatic carbocycles. The Morgan fingerprint density at radius 3 is 2.67 bits per heavy atom. The van der Waals surface area contributed by atoms with E-state index in [0.29, 0.717) is 22.5 Å². The molecule has 3 unspecified atom stereocenters. The molecule has 1 heterocycles. The minimum Gasteiger partial charge on any atom is -0.327 e. The topological polar surface area (TPSA) is 60.2 Å². The van der Waals surface area contributed by atoms with Gasteiger partial charge in [0.1, 0.15) is 4.21 Å². The first-order valence-corrected chi connectivity index (χ1v) is 8.88. The Morgan fingerprint density at radius 2 is 2.11 bits per heavy atom. The summed E-state index contributed by atoms with van der Waals surface area (Å²) in [6, 6.07) is 3.25. The summed E-state index contributed by atoms with van der Waals surface area (Å²) in [5.41, 5.74) is 6.06. The molecule has 5 heteroatoms. The standard InChI is InChI=1S/C13H21NO2S2/c1-9(2)10-5-6-11(14)12(8-10)18(15,16)13-4-3-7-17-13/h3-4,7,9-12H,5-6,8,14H2,1-2H3. The molecule has 1 saturated carbocycles. The monoisotopic (exact) mass is 287 g/mol. The summed E-state index contributed by atoms with van der Waals surface area (Å²) in [6.45, 7) is 4.33. The molecule has 2 N–H and O–H groups in total. The van der Waals surface area contributed by atoms with Crippen molar-refractivity contribution in [3.8, 4) is 0 Å². The van der Waals surface area contributed by atoms with Gasteiger partial charge in [-0.1, -0.05) is 19.9 Å². The molecule has 0 spiro atoms. The van der Waals surface area contributed by atoms with Crippen LogP contribution in [0.25, 0.3) is 0 Å². The highest BCUT2D eigenvalue weighted by atomic mass is 32.2. The van der Waals surface area contributed by atoms with Crippen LogP contribution >= 0.6 is 11.3 Å². The maximum absolute atomic E-state index is 12.6. The average molecular weight is 287 g/mol. The van der Waals surface area contributed by atoms with Crippen molar-refractivity contribution in [2.75, 3.05) is 0 Å². The van der Waals surface area contributed by atoms with Crippen molar-refractivity contribution < 1.29 is 8.42 Å². The minimum atomic E-state index is -3.24. The first-order chi connectivity index (χ1) is 8.43. The minimum absolute atomic E-state index is 0.216. The van der Waals surface area contributed by atoms with Gasteiger partial charge in [-0.05, 0) is 42.5 Å². The molecule has 2 rings (SSSR count). The van der Waals surface area contributed by atoms with Gasteiger partial charge in [0.05, 0.1) is 5.25 Å². The summed E-state index contributed by atoms with van der Waals surface area (Å²) < 4.78 is 25.6. The lowest BCUT2D eigenvalue weighted by molar-refractivity contribution is 0.261. The van der Waals surface area contributed by atoms with Crippen LogP contribution in [0.2, 0.25) is 0 Å². The lowest BCUT2D eigenvalue weighted by atomic mass is 9.79. The first-order valence-electron chi connectivity index (χ1n) is 6.46. The maximum Gasteiger partial charge on any atom is 0.192 e. The smallest absolute Gasteiger partial charge is 0.192 e. The Hall–Kier alpha value is -0.390. The molecule has 1 aliphatic carbocycles. The third kappa shape index (κ3) is 2.63. The highest BCUT2D eigenvalue weighted by Crippen LogP contribution is 2.36. The molecule has 1 aromatic heterocycles. The predicted molar refractivity (Wildman–Crippen MR) is 75.4 cm³/mol. The predicted octanol–water partition coefficient (Wildman–Crippen LogP) is 2.67. The molecule has 18 heavy (non-hydrogen) atoms. The lowest BCUT2D eigenvalue weighted by Crippen LogP contribution is -2.45. The van der Waals surface area contributed by atoms with Gasteiger partial charge in [0.25, 0.3) is 0 Å². The third-order valence-electron chi connectivity index (χ3n) is 4.00. The van der Waals surface area contributed by atoms with E-state index in [0.717, 1.165) is 12.8 Å². The molecule has 0 amide bonds. The third-order valence-corrected chi connectivity index (χ3v) is 7.68. The largest absolute Gasteiger partial charge is 0.327 e. The van der Waals surface area contributed by atoms with Crippen molar-refractivity contribution in [2.24, 2.45) is 17.6 Å². The van der Waals surface area contributed by atoms with E-state index in [2.05, 4.69) is 13.8 Å². The number of sulfone groups is 1. The molecule has 1 aliphatic rings. The first kappa shape index (κ1) is 14.0. The summed E-state index contributed by atoms with van der Waals surface area (Å²) in [5.74, 6) is 1.00. The molecule has 0 radical (unpaired) electrons. The average Bonchev–Trinajstić information content (AvgIpc) is 2.82. The number of hydrogen-bond acceptors (Lipinski definition) is 4. The van der Waals surface area contributed by atoms with E-state index in [1.54, 1.807) is 17.5 Å². The molecule has 102 valence electrons. The van der Waals surface area contributed by atoms with Crippen molar-refractivity contribution in [1.82, 2.24) is 0 Å². The fourth-order valence-corrected chi connectivity index (χ4v) is 5.91. The molecule has 0 aliphatic heterocycles. The highest BCUT2D eigenvalue weighted by molar-refractivity contribution is 7.94. The van der Waals surface area contributed by atoms with Gasteiger partial charge in [-0.15, -0.1) is 11.3 Å². The van der Waals surface area contributed by atoms with E-state index in [-0.39, 0.29) is 6.04 Å². The zero-order chi connectivity index (χ0) is 13.3. The van der Waals surface area contributed by atoms with Gasteiger partial charge < -0.3 is 5.73 Å². The quantitative estimate of drug-likeness (QED) is 0.929. The van der Waals surface area contributed by atoms with E-state index >= 15 is 0 Å². The van der Waals surface area contributed by atoms with Gasteiger partial charge in [0.15, 0.2) is 9.84 Å². The number of thiophene rings is 1. The second kappa shape index (κ2) is 5.31. The molecular formula is C13H21NO2S2. The SMILES string of the molecule is CC(C)C1CCC(N)C(S(=O)(=O)c2cccs2)C1. The van der Waals surface area contributed by atoms with Gasteiger partial charge in [-0.25, -0.2) is 8.42 Å². The Labute approximate surface area is 113 Å². The Balaban J connectivity index is 2.25. The van der Waals surface area contributed by atoms with Crippen LogP contribution < -0.4 is 5.73 Å². The lowest BCUT2D eigenvalue weighted by Gasteiger charge is -2.35. The zero-order valence-corrected chi connectivity index (χ0v) is 12.5. The van der Waals surface area contributed by atoms with Crippen molar-refractivity contribution in [3.63, 3.8) is 0 Å². The molecular weight excluding hydrogens is 266 g/mol. The van der Waals surface area contributed by atoms with E-state index in [4.69, 9.17) is 5.73 Å². The molecule has 1 fully saturated rings. The van der Waals surface area contributed by atoms with Crippen LogP contribution in [0, 0.1) is 11.8 Å². The number of rotatable bonds is 3. The second-order valence-corrected chi connectivity index (χ2v) is 8.84. The second-order valence-electron chi connectivity index (χ2n) is 5.50.